The molecular formula is C14H27NO4S. The fourth-order valence-electron chi connectivity index (χ4n) is 2.68. The lowest BCUT2D eigenvalue weighted by molar-refractivity contribution is -0.151. The van der Waals surface area contributed by atoms with Crippen LogP contribution in [0.2, 0.25) is 0 Å². The van der Waals surface area contributed by atoms with Gasteiger partial charge < -0.3 is 10.1 Å². The molecule has 1 saturated carbocycles. The van der Waals surface area contributed by atoms with E-state index < -0.39 is 32.4 Å². The van der Waals surface area contributed by atoms with Crippen LogP contribution in [0.25, 0.3) is 0 Å². The number of carbonyl (C=O) groups is 1. The molecule has 0 bridgehead atoms. The van der Waals surface area contributed by atoms with E-state index in [-0.39, 0.29) is 6.04 Å². The number of carbonyl (C=O) groups excluding carboxylic acids is 1. The van der Waals surface area contributed by atoms with E-state index in [1.165, 1.54) is 0 Å². The van der Waals surface area contributed by atoms with E-state index in [2.05, 4.69) is 5.32 Å². The fourth-order valence-corrected chi connectivity index (χ4v) is 4.58. The maximum atomic E-state index is 12.5. The predicted octanol–water partition coefficient (Wildman–Crippen LogP) is 1.66. The Morgan fingerprint density at radius 2 is 1.80 bits per heavy atom. The summed E-state index contributed by atoms with van der Waals surface area (Å²) in [6.45, 7) is 5.21. The minimum Gasteiger partial charge on any atom is -0.459 e. The standard InChI is InChI=1S/C14H27NO4S/c1-14(2,3)19-13(16)10-20(17,18)12-9-7-5-6-8-11(12)15-4/h11-12,15H,5-10H2,1-4H3. The maximum Gasteiger partial charge on any atom is 0.321 e. The van der Waals surface area contributed by atoms with Gasteiger partial charge in [0.15, 0.2) is 9.84 Å². The monoisotopic (exact) mass is 305 g/mol. The molecule has 0 aromatic heterocycles. The Hall–Kier alpha value is -0.620. The molecule has 0 aromatic carbocycles. The van der Waals surface area contributed by atoms with Crippen LogP contribution >= 0.6 is 0 Å². The van der Waals surface area contributed by atoms with Gasteiger partial charge in [0.05, 0.1) is 5.25 Å². The Bertz CT molecular complexity index is 425. The molecule has 1 N–H and O–H groups in total. The SMILES string of the molecule is CNC1CCCCCC1S(=O)(=O)CC(=O)OC(C)(C)C. The first-order valence-electron chi connectivity index (χ1n) is 7.26. The van der Waals surface area contributed by atoms with Crippen molar-refractivity contribution in [2.75, 3.05) is 12.8 Å². The number of nitrogens with one attached hydrogen (secondary N) is 1. The molecule has 1 aliphatic rings. The molecule has 0 radical (unpaired) electrons. The molecular weight excluding hydrogens is 278 g/mol. The van der Waals surface area contributed by atoms with Crippen molar-refractivity contribution in [2.24, 2.45) is 0 Å². The van der Waals surface area contributed by atoms with E-state index in [0.717, 1.165) is 25.7 Å². The average molecular weight is 305 g/mol. The first-order valence-corrected chi connectivity index (χ1v) is 8.98. The van der Waals surface area contributed by atoms with Crippen LogP contribution in [0.15, 0.2) is 0 Å². The second kappa shape index (κ2) is 6.89. The molecule has 0 saturated heterocycles. The van der Waals surface area contributed by atoms with E-state index in [9.17, 15) is 13.2 Å². The van der Waals surface area contributed by atoms with E-state index >= 15 is 0 Å². The number of hydrogen-bond acceptors (Lipinski definition) is 5. The van der Waals surface area contributed by atoms with Crippen LogP contribution in [0.4, 0.5) is 0 Å². The Labute approximate surface area is 122 Å². The zero-order valence-corrected chi connectivity index (χ0v) is 13.8. The molecule has 2 unspecified atom stereocenters. The van der Waals surface area contributed by atoms with Crippen molar-refractivity contribution in [1.82, 2.24) is 5.32 Å². The Morgan fingerprint density at radius 3 is 2.35 bits per heavy atom. The van der Waals surface area contributed by atoms with Gasteiger partial charge in [0, 0.05) is 6.04 Å². The molecule has 1 aliphatic carbocycles. The number of hydrogen-bond donors (Lipinski definition) is 1. The lowest BCUT2D eigenvalue weighted by Crippen LogP contribution is -2.44. The number of ether oxygens (including phenoxy) is 1. The topological polar surface area (TPSA) is 72.5 Å². The van der Waals surface area contributed by atoms with Gasteiger partial charge in [-0.15, -0.1) is 0 Å². The summed E-state index contributed by atoms with van der Waals surface area (Å²) < 4.78 is 30.1. The van der Waals surface area contributed by atoms with Gasteiger partial charge >= 0.3 is 5.97 Å². The van der Waals surface area contributed by atoms with E-state index in [0.29, 0.717) is 6.42 Å². The van der Waals surface area contributed by atoms with Crippen LogP contribution in [0.3, 0.4) is 0 Å². The molecule has 0 aliphatic heterocycles. The summed E-state index contributed by atoms with van der Waals surface area (Å²) in [4.78, 5) is 11.8. The van der Waals surface area contributed by atoms with Gasteiger partial charge in [0.2, 0.25) is 0 Å². The van der Waals surface area contributed by atoms with Crippen molar-refractivity contribution in [2.45, 2.75) is 69.8 Å². The highest BCUT2D eigenvalue weighted by Crippen LogP contribution is 2.24. The summed E-state index contributed by atoms with van der Waals surface area (Å²) in [6.07, 6.45) is 4.45. The van der Waals surface area contributed by atoms with Crippen LogP contribution in [0, 0.1) is 0 Å². The summed E-state index contributed by atoms with van der Waals surface area (Å²) in [5.41, 5.74) is -0.654. The average Bonchev–Trinajstić information content (AvgIpc) is 2.50. The summed E-state index contributed by atoms with van der Waals surface area (Å²) >= 11 is 0. The van der Waals surface area contributed by atoms with Crippen molar-refractivity contribution >= 4 is 15.8 Å². The summed E-state index contributed by atoms with van der Waals surface area (Å²) in [5, 5.41) is 2.61. The van der Waals surface area contributed by atoms with Crippen molar-refractivity contribution in [3.8, 4) is 0 Å². The van der Waals surface area contributed by atoms with Gasteiger partial charge in [-0.1, -0.05) is 19.3 Å². The molecule has 0 aromatic rings. The van der Waals surface area contributed by atoms with Crippen LogP contribution in [0.1, 0.15) is 52.9 Å². The van der Waals surface area contributed by atoms with E-state index in [1.807, 2.05) is 0 Å². The molecule has 0 amide bonds. The molecule has 2 atom stereocenters. The predicted molar refractivity (Wildman–Crippen MR) is 79.4 cm³/mol. The third kappa shape index (κ3) is 5.40. The molecule has 1 fully saturated rings. The fraction of sp³-hybridized carbons (Fsp3) is 0.929. The minimum atomic E-state index is -3.48. The number of sulfone groups is 1. The third-order valence-electron chi connectivity index (χ3n) is 3.52. The second-order valence-electron chi connectivity index (χ2n) is 6.47. The van der Waals surface area contributed by atoms with Crippen LogP contribution < -0.4 is 5.32 Å². The largest absolute Gasteiger partial charge is 0.459 e. The zero-order chi connectivity index (χ0) is 15.4. The lowest BCUT2D eigenvalue weighted by atomic mass is 10.1. The normalized spacial score (nSPS) is 25.0. The Balaban J connectivity index is 2.77. The first kappa shape index (κ1) is 17.4. The van der Waals surface area contributed by atoms with Gasteiger partial charge in [0.1, 0.15) is 11.4 Å². The van der Waals surface area contributed by atoms with Gasteiger partial charge in [-0.05, 0) is 40.7 Å². The summed E-state index contributed by atoms with van der Waals surface area (Å²) in [6, 6.07) is -0.0649. The smallest absolute Gasteiger partial charge is 0.321 e. The van der Waals surface area contributed by atoms with Crippen molar-refractivity contribution < 1.29 is 17.9 Å². The Morgan fingerprint density at radius 1 is 1.20 bits per heavy atom. The van der Waals surface area contributed by atoms with Gasteiger partial charge in [-0.2, -0.15) is 0 Å². The Kier molecular flexibility index (Phi) is 6.01. The van der Waals surface area contributed by atoms with Crippen LogP contribution in [0.5, 0.6) is 0 Å². The summed E-state index contributed by atoms with van der Waals surface area (Å²) in [7, 11) is -1.69. The highest BCUT2D eigenvalue weighted by Gasteiger charge is 2.36. The van der Waals surface area contributed by atoms with Crippen molar-refractivity contribution in [3.63, 3.8) is 0 Å². The number of esters is 1. The summed E-state index contributed by atoms with van der Waals surface area (Å²) in [5.74, 6) is -1.18. The highest BCUT2D eigenvalue weighted by molar-refractivity contribution is 7.92. The van der Waals surface area contributed by atoms with Gasteiger partial charge in [-0.25, -0.2) is 8.42 Å². The first-order chi connectivity index (χ1) is 9.15. The maximum absolute atomic E-state index is 12.5. The molecule has 1 rings (SSSR count). The van der Waals surface area contributed by atoms with Crippen molar-refractivity contribution in [1.29, 1.82) is 0 Å². The molecule has 5 nitrogen and oxygen atoms in total. The minimum absolute atomic E-state index is 0.0649. The van der Waals surface area contributed by atoms with Crippen molar-refractivity contribution in [3.05, 3.63) is 0 Å². The molecule has 0 heterocycles. The van der Waals surface area contributed by atoms with Crippen LogP contribution in [-0.2, 0) is 19.4 Å². The highest BCUT2D eigenvalue weighted by atomic mass is 32.2. The van der Waals surface area contributed by atoms with Crippen LogP contribution in [-0.4, -0.2) is 44.1 Å². The van der Waals surface area contributed by atoms with E-state index in [1.54, 1.807) is 27.8 Å². The zero-order valence-electron chi connectivity index (χ0n) is 12.9. The molecule has 118 valence electrons. The third-order valence-corrected chi connectivity index (χ3v) is 5.65. The second-order valence-corrected chi connectivity index (χ2v) is 8.69. The molecule has 0 spiro atoms. The molecule has 20 heavy (non-hydrogen) atoms. The molecule has 6 heteroatoms. The van der Waals surface area contributed by atoms with Gasteiger partial charge in [0.25, 0.3) is 0 Å². The van der Waals surface area contributed by atoms with Gasteiger partial charge in [-0.3, -0.25) is 4.79 Å². The quantitative estimate of drug-likeness (QED) is 0.632. The number of rotatable bonds is 4. The lowest BCUT2D eigenvalue weighted by Gasteiger charge is -2.25. The van der Waals surface area contributed by atoms with E-state index in [4.69, 9.17) is 4.74 Å².